The van der Waals surface area contributed by atoms with E-state index in [1.165, 1.54) is 11.0 Å². The first-order chi connectivity index (χ1) is 9.74. The Labute approximate surface area is 114 Å². The Kier molecular flexibility index (Phi) is 2.26. The van der Waals surface area contributed by atoms with Gasteiger partial charge in [0, 0.05) is 19.0 Å². The fraction of sp³-hybridized carbons (Fsp3) is 0.417. The summed E-state index contributed by atoms with van der Waals surface area (Å²) in [5, 5.41) is 7.94. The van der Waals surface area contributed by atoms with Crippen molar-refractivity contribution in [2.75, 3.05) is 18.8 Å². The van der Waals surface area contributed by atoms with Crippen molar-refractivity contribution in [2.24, 2.45) is 5.92 Å². The second-order valence-corrected chi connectivity index (χ2v) is 5.11. The fourth-order valence-corrected chi connectivity index (χ4v) is 2.91. The van der Waals surface area contributed by atoms with Gasteiger partial charge in [-0.3, -0.25) is 4.79 Å². The predicted molar refractivity (Wildman–Crippen MR) is 71.1 cm³/mol. The number of rotatable bonds is 1. The predicted octanol–water partition coefficient (Wildman–Crippen LogP) is -0.103. The number of fused-ring (bicyclic) bond motifs is 4. The zero-order valence-corrected chi connectivity index (χ0v) is 10.7. The monoisotopic (exact) mass is 271 g/mol. The van der Waals surface area contributed by atoms with Gasteiger partial charge in [-0.1, -0.05) is 5.21 Å². The summed E-state index contributed by atoms with van der Waals surface area (Å²) in [5.74, 6) is 0.636. The molecule has 0 radical (unpaired) electrons. The van der Waals surface area contributed by atoms with E-state index in [1.807, 2.05) is 0 Å². The molecular formula is C12H13N7O. The molecule has 8 heteroatoms. The van der Waals surface area contributed by atoms with Crippen molar-refractivity contribution in [2.45, 2.75) is 12.8 Å². The van der Waals surface area contributed by atoms with Crippen molar-refractivity contribution < 1.29 is 4.79 Å². The van der Waals surface area contributed by atoms with Crippen molar-refractivity contribution in [1.82, 2.24) is 29.9 Å². The van der Waals surface area contributed by atoms with Crippen molar-refractivity contribution in [1.29, 1.82) is 0 Å². The Morgan fingerprint density at radius 1 is 1.30 bits per heavy atom. The highest BCUT2D eigenvalue weighted by Crippen LogP contribution is 2.32. The molecule has 3 aliphatic rings. The number of anilines is 1. The first-order valence-corrected chi connectivity index (χ1v) is 6.56. The van der Waals surface area contributed by atoms with Gasteiger partial charge in [-0.15, -0.1) is 5.10 Å². The summed E-state index contributed by atoms with van der Waals surface area (Å²) >= 11 is 0. The van der Waals surface area contributed by atoms with E-state index in [-0.39, 0.29) is 11.7 Å². The van der Waals surface area contributed by atoms with Gasteiger partial charge in [0.05, 0.1) is 11.9 Å². The van der Waals surface area contributed by atoms with Crippen LogP contribution in [0.2, 0.25) is 0 Å². The molecule has 20 heavy (non-hydrogen) atoms. The molecule has 0 atom stereocenters. The smallest absolute Gasteiger partial charge is 0.207 e. The molecule has 2 aromatic rings. The summed E-state index contributed by atoms with van der Waals surface area (Å²) < 4.78 is 1.50. The number of Topliss-reactive ketones (excluding diaryl/α,β-unsaturated/α-hetero) is 1. The molecule has 2 N–H and O–H groups in total. The third kappa shape index (κ3) is 1.50. The number of hydrogen-bond acceptors (Lipinski definition) is 7. The number of carbonyl (C=O) groups excluding carboxylic acids is 1. The van der Waals surface area contributed by atoms with Crippen molar-refractivity contribution in [3.8, 4) is 0 Å². The second kappa shape index (κ2) is 3.99. The lowest BCUT2D eigenvalue weighted by Gasteiger charge is -2.40. The Morgan fingerprint density at radius 2 is 2.10 bits per heavy atom. The summed E-state index contributed by atoms with van der Waals surface area (Å²) in [5.41, 5.74) is 7.49. The number of piperidine rings is 3. The summed E-state index contributed by atoms with van der Waals surface area (Å²) in [4.78, 5) is 22.3. The third-order valence-corrected chi connectivity index (χ3v) is 4.00. The minimum Gasteiger partial charge on any atom is -0.382 e. The highest BCUT2D eigenvalue weighted by Gasteiger charge is 2.36. The fourth-order valence-electron chi connectivity index (χ4n) is 2.91. The molecule has 3 aliphatic heterocycles. The molecule has 0 spiro atoms. The molecule has 0 aliphatic carbocycles. The minimum atomic E-state index is 0.148. The van der Waals surface area contributed by atoms with Gasteiger partial charge in [0.15, 0.2) is 17.1 Å². The SMILES string of the molecule is Nc1ncnc2nnn(/C=C3\C(=O)C4CCN3CC4)c12. The molecule has 3 saturated heterocycles. The first-order valence-electron chi connectivity index (χ1n) is 6.56. The van der Waals surface area contributed by atoms with Crippen molar-refractivity contribution >= 4 is 29.0 Å². The first kappa shape index (κ1) is 11.3. The van der Waals surface area contributed by atoms with Crippen molar-refractivity contribution in [3.63, 3.8) is 0 Å². The van der Waals surface area contributed by atoms with Crippen LogP contribution in [0.15, 0.2) is 12.0 Å². The molecule has 2 aromatic heterocycles. The van der Waals surface area contributed by atoms with E-state index < -0.39 is 0 Å². The quantitative estimate of drug-likeness (QED) is 0.722. The molecule has 2 bridgehead atoms. The Bertz CT molecular complexity index is 726. The molecule has 102 valence electrons. The van der Waals surface area contributed by atoms with Gasteiger partial charge >= 0.3 is 0 Å². The summed E-state index contributed by atoms with van der Waals surface area (Å²) in [6.45, 7) is 1.84. The highest BCUT2D eigenvalue weighted by atomic mass is 16.1. The lowest BCUT2D eigenvalue weighted by Crippen LogP contribution is -2.46. The number of nitrogen functional groups attached to an aromatic ring is 1. The number of allylic oxidation sites excluding steroid dienone is 1. The van der Waals surface area contributed by atoms with Gasteiger partial charge in [0.2, 0.25) is 5.65 Å². The lowest BCUT2D eigenvalue weighted by atomic mass is 9.85. The number of nitrogens with two attached hydrogens (primary N) is 1. The molecule has 0 aromatic carbocycles. The van der Waals surface area contributed by atoms with Crippen LogP contribution in [0.1, 0.15) is 12.8 Å². The van der Waals surface area contributed by atoms with Crippen LogP contribution in [0.3, 0.4) is 0 Å². The minimum absolute atomic E-state index is 0.148. The van der Waals surface area contributed by atoms with E-state index in [0.29, 0.717) is 22.7 Å². The molecule has 8 nitrogen and oxygen atoms in total. The molecule has 0 unspecified atom stereocenters. The van der Waals surface area contributed by atoms with Gasteiger partial charge in [0.1, 0.15) is 6.33 Å². The van der Waals surface area contributed by atoms with Crippen LogP contribution < -0.4 is 5.73 Å². The number of hydrogen-bond donors (Lipinski definition) is 1. The van der Waals surface area contributed by atoms with Gasteiger partial charge in [-0.25, -0.2) is 14.6 Å². The van der Waals surface area contributed by atoms with E-state index in [4.69, 9.17) is 5.73 Å². The van der Waals surface area contributed by atoms with E-state index in [1.54, 1.807) is 6.20 Å². The number of ketones is 1. The normalized spacial score (nSPS) is 21.3. The van der Waals surface area contributed by atoms with Gasteiger partial charge in [-0.05, 0) is 12.8 Å². The van der Waals surface area contributed by atoms with Crippen LogP contribution in [0, 0.1) is 5.92 Å². The summed E-state index contributed by atoms with van der Waals surface area (Å²) in [6.07, 6.45) is 4.93. The topological polar surface area (TPSA) is 103 Å². The average Bonchev–Trinajstić information content (AvgIpc) is 2.88. The van der Waals surface area contributed by atoms with Crippen LogP contribution >= 0.6 is 0 Å². The van der Waals surface area contributed by atoms with Gasteiger partial charge in [-0.2, -0.15) is 0 Å². The number of carbonyl (C=O) groups is 1. The van der Waals surface area contributed by atoms with E-state index >= 15 is 0 Å². The average molecular weight is 271 g/mol. The largest absolute Gasteiger partial charge is 0.382 e. The number of nitrogens with zero attached hydrogens (tertiary/aromatic N) is 6. The Morgan fingerprint density at radius 3 is 2.85 bits per heavy atom. The van der Waals surface area contributed by atoms with E-state index in [0.717, 1.165) is 25.9 Å². The summed E-state index contributed by atoms with van der Waals surface area (Å²) in [7, 11) is 0. The maximum Gasteiger partial charge on any atom is 0.207 e. The number of aromatic nitrogens is 5. The summed E-state index contributed by atoms with van der Waals surface area (Å²) in [6, 6.07) is 0. The molecule has 3 fully saturated rings. The van der Waals surface area contributed by atoms with Crippen molar-refractivity contribution in [3.05, 3.63) is 12.0 Å². The second-order valence-electron chi connectivity index (χ2n) is 5.11. The molecular weight excluding hydrogens is 258 g/mol. The highest BCUT2D eigenvalue weighted by molar-refractivity contribution is 6.01. The van der Waals surface area contributed by atoms with Gasteiger partial charge < -0.3 is 10.6 Å². The van der Waals surface area contributed by atoms with Crippen LogP contribution in [0.5, 0.6) is 0 Å². The zero-order chi connectivity index (χ0) is 13.7. The molecule has 0 saturated carbocycles. The molecule has 5 heterocycles. The van der Waals surface area contributed by atoms with Gasteiger partial charge in [0.25, 0.3) is 0 Å². The molecule has 0 amide bonds. The maximum absolute atomic E-state index is 12.3. The van der Waals surface area contributed by atoms with E-state index in [9.17, 15) is 4.79 Å². The van der Waals surface area contributed by atoms with E-state index in [2.05, 4.69) is 25.2 Å². The standard InChI is InChI=1S/C12H13N7O/c13-11-9-12(15-6-14-11)16-17-19(9)5-8-10(20)7-1-3-18(8)4-2-7/h5-7H,1-4H2,(H2,13,14,15)/b8-5+. The zero-order valence-electron chi connectivity index (χ0n) is 10.7. The van der Waals surface area contributed by atoms with Crippen LogP contribution in [-0.4, -0.2) is 48.7 Å². The van der Waals surface area contributed by atoms with Crippen LogP contribution in [0.4, 0.5) is 5.82 Å². The maximum atomic E-state index is 12.3. The Hall–Kier alpha value is -2.51. The van der Waals surface area contributed by atoms with Crippen LogP contribution in [0.25, 0.3) is 17.4 Å². The Balaban J connectivity index is 1.84. The molecule has 5 rings (SSSR count). The third-order valence-electron chi connectivity index (χ3n) is 4.00. The van der Waals surface area contributed by atoms with Crippen LogP contribution in [-0.2, 0) is 4.79 Å². The lowest BCUT2D eigenvalue weighted by molar-refractivity contribution is -0.125.